The topological polar surface area (TPSA) is 61.4 Å². The maximum atomic E-state index is 12.4. The summed E-state index contributed by atoms with van der Waals surface area (Å²) in [6.45, 7) is 2.54. The molecule has 6 heteroatoms. The zero-order valence-electron chi connectivity index (χ0n) is 13.8. The molecule has 2 aliphatic rings. The highest BCUT2D eigenvalue weighted by Gasteiger charge is 2.32. The molecular formula is C17H23N3O2S. The lowest BCUT2D eigenvalue weighted by molar-refractivity contribution is -0.115. The van der Waals surface area contributed by atoms with Crippen LogP contribution in [0.2, 0.25) is 0 Å². The highest BCUT2D eigenvalue weighted by atomic mass is 32.2. The van der Waals surface area contributed by atoms with Crippen LogP contribution in [0.5, 0.6) is 0 Å². The minimum absolute atomic E-state index is 0.0125. The summed E-state index contributed by atoms with van der Waals surface area (Å²) in [4.78, 5) is 27.4. The molecule has 2 amide bonds. The second kappa shape index (κ2) is 6.53. The first kappa shape index (κ1) is 16.3. The number of thioether (sulfide) groups is 1. The van der Waals surface area contributed by atoms with Gasteiger partial charge in [0.25, 0.3) is 5.91 Å². The van der Waals surface area contributed by atoms with Crippen LogP contribution in [0.4, 0.5) is 5.69 Å². The lowest BCUT2D eigenvalue weighted by atomic mass is 10.1. The number of likely N-dealkylation sites (N-methyl/N-ethyl adjacent to an activating group) is 1. The van der Waals surface area contributed by atoms with Crippen LogP contribution in [0.25, 0.3) is 0 Å². The van der Waals surface area contributed by atoms with Gasteiger partial charge in [0.05, 0.1) is 10.9 Å². The molecular weight excluding hydrogens is 310 g/mol. The predicted molar refractivity (Wildman–Crippen MR) is 92.9 cm³/mol. The standard InChI is InChI=1S/C17H23N3O2S/c1-10-16(21)19-13-8-12(6-7-15(13)23-10)17(22)18-9-14(20(2)3)11-4-5-11/h6-8,10-11,14H,4-5,9H2,1-3H3,(H,18,22)(H,19,21). The third kappa shape index (κ3) is 3.70. The summed E-state index contributed by atoms with van der Waals surface area (Å²) >= 11 is 1.52. The maximum Gasteiger partial charge on any atom is 0.251 e. The molecule has 0 spiro atoms. The van der Waals surface area contributed by atoms with Gasteiger partial charge in [-0.15, -0.1) is 11.8 Å². The molecule has 2 atom stereocenters. The van der Waals surface area contributed by atoms with Crippen molar-refractivity contribution in [1.29, 1.82) is 0 Å². The highest BCUT2D eigenvalue weighted by Crippen LogP contribution is 2.36. The normalized spacial score (nSPS) is 21.6. The number of carbonyl (C=O) groups is 2. The minimum Gasteiger partial charge on any atom is -0.350 e. The average Bonchev–Trinajstić information content (AvgIpc) is 3.32. The molecule has 2 unspecified atom stereocenters. The number of rotatable bonds is 5. The highest BCUT2D eigenvalue weighted by molar-refractivity contribution is 8.00. The van der Waals surface area contributed by atoms with Crippen molar-refractivity contribution in [3.05, 3.63) is 23.8 Å². The number of hydrogen-bond donors (Lipinski definition) is 2. The number of carbonyl (C=O) groups excluding carboxylic acids is 2. The van der Waals surface area contributed by atoms with Gasteiger partial charge in [-0.05, 0) is 58.0 Å². The molecule has 0 radical (unpaired) electrons. The van der Waals surface area contributed by atoms with Crippen molar-refractivity contribution in [2.75, 3.05) is 26.0 Å². The third-order valence-corrected chi connectivity index (χ3v) is 5.65. The first-order valence-corrected chi connectivity index (χ1v) is 8.90. The summed E-state index contributed by atoms with van der Waals surface area (Å²) in [7, 11) is 4.12. The lowest BCUT2D eigenvalue weighted by Crippen LogP contribution is -2.41. The fraction of sp³-hybridized carbons (Fsp3) is 0.529. The largest absolute Gasteiger partial charge is 0.350 e. The van der Waals surface area contributed by atoms with Crippen LogP contribution < -0.4 is 10.6 Å². The van der Waals surface area contributed by atoms with Crippen LogP contribution in [0.1, 0.15) is 30.1 Å². The van der Waals surface area contributed by atoms with E-state index in [1.54, 1.807) is 6.07 Å². The minimum atomic E-state index is -0.0958. The zero-order valence-corrected chi connectivity index (χ0v) is 14.6. The fourth-order valence-electron chi connectivity index (χ4n) is 2.90. The van der Waals surface area contributed by atoms with Crippen molar-refractivity contribution in [3.8, 4) is 0 Å². The number of nitrogens with zero attached hydrogens (tertiary/aromatic N) is 1. The Bertz CT molecular complexity index is 626. The van der Waals surface area contributed by atoms with E-state index in [-0.39, 0.29) is 17.1 Å². The van der Waals surface area contributed by atoms with Gasteiger partial charge in [0.2, 0.25) is 5.91 Å². The summed E-state index contributed by atoms with van der Waals surface area (Å²) in [5, 5.41) is 5.80. The van der Waals surface area contributed by atoms with Crippen molar-refractivity contribution in [1.82, 2.24) is 10.2 Å². The Morgan fingerprint density at radius 2 is 2.17 bits per heavy atom. The molecule has 124 valence electrons. The van der Waals surface area contributed by atoms with E-state index in [2.05, 4.69) is 29.6 Å². The molecule has 1 heterocycles. The van der Waals surface area contributed by atoms with E-state index in [1.807, 2.05) is 19.1 Å². The summed E-state index contributed by atoms with van der Waals surface area (Å²) < 4.78 is 0. The van der Waals surface area contributed by atoms with Crippen LogP contribution in [0.3, 0.4) is 0 Å². The van der Waals surface area contributed by atoms with E-state index in [9.17, 15) is 9.59 Å². The fourth-order valence-corrected chi connectivity index (χ4v) is 3.83. The summed E-state index contributed by atoms with van der Waals surface area (Å²) in [6, 6.07) is 5.90. The molecule has 5 nitrogen and oxygen atoms in total. The van der Waals surface area contributed by atoms with E-state index in [0.717, 1.165) is 10.6 Å². The molecule has 0 saturated heterocycles. The number of nitrogens with one attached hydrogen (secondary N) is 2. The third-order valence-electron chi connectivity index (χ3n) is 4.47. The molecule has 1 saturated carbocycles. The number of amides is 2. The monoisotopic (exact) mass is 333 g/mol. The Morgan fingerprint density at radius 3 is 2.83 bits per heavy atom. The smallest absolute Gasteiger partial charge is 0.251 e. The van der Waals surface area contributed by atoms with Crippen molar-refractivity contribution < 1.29 is 9.59 Å². The first-order valence-electron chi connectivity index (χ1n) is 8.02. The maximum absolute atomic E-state index is 12.4. The molecule has 1 aliphatic heterocycles. The van der Waals surface area contributed by atoms with Gasteiger partial charge < -0.3 is 15.5 Å². The van der Waals surface area contributed by atoms with E-state index < -0.39 is 0 Å². The number of benzene rings is 1. The Kier molecular flexibility index (Phi) is 4.64. The van der Waals surface area contributed by atoms with Gasteiger partial charge in [0, 0.05) is 23.0 Å². The van der Waals surface area contributed by atoms with Crippen molar-refractivity contribution in [2.24, 2.45) is 5.92 Å². The second-order valence-electron chi connectivity index (χ2n) is 6.54. The predicted octanol–water partition coefficient (Wildman–Crippen LogP) is 2.19. The van der Waals surface area contributed by atoms with Gasteiger partial charge >= 0.3 is 0 Å². The molecule has 0 bridgehead atoms. The van der Waals surface area contributed by atoms with Gasteiger partial charge in [0.1, 0.15) is 0 Å². The Balaban J connectivity index is 1.66. The van der Waals surface area contributed by atoms with Gasteiger partial charge in [0.15, 0.2) is 0 Å². The first-order chi connectivity index (χ1) is 11.0. The zero-order chi connectivity index (χ0) is 16.6. The molecule has 1 fully saturated rings. The molecule has 1 aromatic carbocycles. The number of anilines is 1. The summed E-state index contributed by atoms with van der Waals surface area (Å²) in [5.74, 6) is 0.602. The van der Waals surface area contributed by atoms with E-state index in [1.165, 1.54) is 24.6 Å². The molecule has 1 aliphatic carbocycles. The Hall–Kier alpha value is -1.53. The summed E-state index contributed by atoms with van der Waals surface area (Å²) in [5.41, 5.74) is 1.32. The molecule has 23 heavy (non-hydrogen) atoms. The van der Waals surface area contributed by atoms with Gasteiger partial charge in [-0.1, -0.05) is 0 Å². The molecule has 3 rings (SSSR count). The molecule has 0 aromatic heterocycles. The van der Waals surface area contributed by atoms with Crippen LogP contribution in [-0.4, -0.2) is 48.6 Å². The Morgan fingerprint density at radius 1 is 1.43 bits per heavy atom. The SMILES string of the molecule is CC1Sc2ccc(C(=O)NCC(C3CC3)N(C)C)cc2NC1=O. The van der Waals surface area contributed by atoms with E-state index in [4.69, 9.17) is 0 Å². The van der Waals surface area contributed by atoms with Gasteiger partial charge in [-0.25, -0.2) is 0 Å². The molecule has 1 aromatic rings. The Labute approximate surface area is 141 Å². The van der Waals surface area contributed by atoms with Gasteiger partial charge in [-0.3, -0.25) is 9.59 Å². The van der Waals surface area contributed by atoms with Crippen LogP contribution in [-0.2, 0) is 4.79 Å². The van der Waals surface area contributed by atoms with E-state index in [0.29, 0.717) is 24.1 Å². The number of hydrogen-bond acceptors (Lipinski definition) is 4. The van der Waals surface area contributed by atoms with Crippen LogP contribution in [0.15, 0.2) is 23.1 Å². The summed E-state index contributed by atoms with van der Waals surface area (Å²) in [6.07, 6.45) is 2.50. The van der Waals surface area contributed by atoms with E-state index >= 15 is 0 Å². The second-order valence-corrected chi connectivity index (χ2v) is 7.92. The average molecular weight is 333 g/mol. The lowest BCUT2D eigenvalue weighted by Gasteiger charge is -2.25. The molecule has 2 N–H and O–H groups in total. The van der Waals surface area contributed by atoms with Crippen molar-refractivity contribution >= 4 is 29.3 Å². The van der Waals surface area contributed by atoms with Crippen molar-refractivity contribution in [3.63, 3.8) is 0 Å². The van der Waals surface area contributed by atoms with Crippen LogP contribution >= 0.6 is 11.8 Å². The number of fused-ring (bicyclic) bond motifs is 1. The quantitative estimate of drug-likeness (QED) is 0.867. The van der Waals surface area contributed by atoms with Crippen LogP contribution in [0, 0.1) is 5.92 Å². The van der Waals surface area contributed by atoms with Crippen molar-refractivity contribution in [2.45, 2.75) is 36.0 Å². The van der Waals surface area contributed by atoms with Gasteiger partial charge in [-0.2, -0.15) is 0 Å².